The number of carbonyl (C=O) groups excluding carboxylic acids is 1. The van der Waals surface area contributed by atoms with Crippen LogP contribution < -0.4 is 5.32 Å². The molecule has 0 saturated carbocycles. The highest BCUT2D eigenvalue weighted by Crippen LogP contribution is 2.22. The van der Waals surface area contributed by atoms with Gasteiger partial charge in [0.2, 0.25) is 15.9 Å². The predicted molar refractivity (Wildman–Crippen MR) is 120 cm³/mol. The lowest BCUT2D eigenvalue weighted by Gasteiger charge is -2.26. The zero-order valence-electron chi connectivity index (χ0n) is 17.4. The van der Waals surface area contributed by atoms with Crippen LogP contribution in [0.3, 0.4) is 0 Å². The number of benzene rings is 2. The van der Waals surface area contributed by atoms with Gasteiger partial charge in [-0.05, 0) is 41.8 Å². The van der Waals surface area contributed by atoms with Crippen molar-refractivity contribution in [3.63, 3.8) is 0 Å². The van der Waals surface area contributed by atoms with Crippen LogP contribution in [0.1, 0.15) is 12.0 Å². The van der Waals surface area contributed by atoms with Gasteiger partial charge < -0.3 is 10.1 Å². The molecule has 31 heavy (non-hydrogen) atoms. The summed E-state index contributed by atoms with van der Waals surface area (Å²) in [5.74, 6) is -0.111. The second-order valence-corrected chi connectivity index (χ2v) is 9.61. The molecule has 1 amide bonds. The smallest absolute Gasteiger partial charge is 0.243 e. The number of nitrogens with one attached hydrogen (secondary N) is 1. The van der Waals surface area contributed by atoms with Gasteiger partial charge in [-0.15, -0.1) is 0 Å². The quantitative estimate of drug-likeness (QED) is 0.745. The molecule has 0 aliphatic carbocycles. The van der Waals surface area contributed by atoms with Gasteiger partial charge in [-0.1, -0.05) is 36.4 Å². The molecule has 1 N–H and O–H groups in total. The van der Waals surface area contributed by atoms with Gasteiger partial charge in [-0.25, -0.2) is 8.42 Å². The van der Waals surface area contributed by atoms with Gasteiger partial charge in [0.1, 0.15) is 0 Å². The van der Waals surface area contributed by atoms with Gasteiger partial charge in [-0.3, -0.25) is 9.69 Å². The number of hydrogen-bond donors (Lipinski definition) is 1. The molecular weight excluding hydrogens is 414 g/mol. The third-order valence-corrected chi connectivity index (χ3v) is 7.46. The van der Waals surface area contributed by atoms with Crippen LogP contribution >= 0.6 is 0 Å². The van der Waals surface area contributed by atoms with E-state index in [9.17, 15) is 13.2 Å². The molecule has 0 radical (unpaired) electrons. The van der Waals surface area contributed by atoms with Crippen molar-refractivity contribution in [1.29, 1.82) is 0 Å². The molecule has 2 aliphatic rings. The van der Waals surface area contributed by atoms with Crippen LogP contribution in [-0.4, -0.2) is 69.5 Å². The molecule has 2 aliphatic heterocycles. The van der Waals surface area contributed by atoms with E-state index in [-0.39, 0.29) is 10.8 Å². The summed E-state index contributed by atoms with van der Waals surface area (Å²) in [5, 5.41) is 2.86. The standard InChI is InChI=1S/C23H27N3O4S/c27-23(18-25-12-10-20(11-13-25)19-4-2-1-3-5-19)24-21-6-8-22(9-7-21)31(28,29)26-14-16-30-17-15-26/h1-10H,11-18H2,(H,24,27). The SMILES string of the molecule is O=C(CN1CC=C(c2ccccc2)CC1)Nc1ccc(S(=O)(=O)N2CCOCC2)cc1. The normalized spacial score (nSPS) is 18.4. The first-order chi connectivity index (χ1) is 15.0. The molecule has 2 aromatic carbocycles. The van der Waals surface area contributed by atoms with Crippen LogP contribution in [0.4, 0.5) is 5.69 Å². The first-order valence-electron chi connectivity index (χ1n) is 10.5. The zero-order valence-corrected chi connectivity index (χ0v) is 18.2. The Bertz CT molecular complexity index is 1030. The van der Waals surface area contributed by atoms with Crippen molar-refractivity contribution in [2.75, 3.05) is 51.3 Å². The topological polar surface area (TPSA) is 79.0 Å². The van der Waals surface area contributed by atoms with Gasteiger partial charge >= 0.3 is 0 Å². The number of nitrogens with zero attached hydrogens (tertiary/aromatic N) is 2. The third-order valence-electron chi connectivity index (χ3n) is 5.55. The number of sulfonamides is 1. The maximum absolute atomic E-state index is 12.7. The molecule has 0 atom stereocenters. The number of ether oxygens (including phenoxy) is 1. The lowest BCUT2D eigenvalue weighted by atomic mass is 10.00. The van der Waals surface area contributed by atoms with E-state index in [4.69, 9.17) is 4.74 Å². The molecule has 7 nitrogen and oxygen atoms in total. The van der Waals surface area contributed by atoms with Crippen LogP contribution in [0.2, 0.25) is 0 Å². The molecule has 8 heteroatoms. The fraction of sp³-hybridized carbons (Fsp3) is 0.348. The van der Waals surface area contributed by atoms with Gasteiger partial charge in [0.25, 0.3) is 0 Å². The third kappa shape index (κ3) is 5.40. The van der Waals surface area contributed by atoms with Crippen LogP contribution in [0.15, 0.2) is 65.6 Å². The van der Waals surface area contributed by atoms with Crippen molar-refractivity contribution in [1.82, 2.24) is 9.21 Å². The minimum Gasteiger partial charge on any atom is -0.379 e. The Labute approximate surface area is 183 Å². The summed E-state index contributed by atoms with van der Waals surface area (Å²) in [6.45, 7) is 3.39. The Morgan fingerprint density at radius 3 is 2.32 bits per heavy atom. The lowest BCUT2D eigenvalue weighted by Crippen LogP contribution is -2.40. The Balaban J connectivity index is 1.31. The molecular formula is C23H27N3O4S. The van der Waals surface area contributed by atoms with E-state index < -0.39 is 10.0 Å². The number of hydrogen-bond acceptors (Lipinski definition) is 5. The Hall–Kier alpha value is -2.52. The van der Waals surface area contributed by atoms with Crippen LogP contribution in [0.25, 0.3) is 5.57 Å². The maximum atomic E-state index is 12.7. The minimum absolute atomic E-state index is 0.111. The van der Waals surface area contributed by atoms with E-state index in [1.54, 1.807) is 12.1 Å². The largest absolute Gasteiger partial charge is 0.379 e. The fourth-order valence-corrected chi connectivity index (χ4v) is 5.23. The van der Waals surface area contributed by atoms with Crippen LogP contribution in [0, 0.1) is 0 Å². The van der Waals surface area contributed by atoms with E-state index in [0.29, 0.717) is 38.5 Å². The van der Waals surface area contributed by atoms with E-state index >= 15 is 0 Å². The summed E-state index contributed by atoms with van der Waals surface area (Å²) in [7, 11) is -3.53. The molecule has 164 valence electrons. The number of morpholine rings is 1. The van der Waals surface area contributed by atoms with E-state index in [1.165, 1.54) is 27.6 Å². The molecule has 4 rings (SSSR count). The maximum Gasteiger partial charge on any atom is 0.243 e. The molecule has 0 aromatic heterocycles. The Morgan fingerprint density at radius 2 is 1.68 bits per heavy atom. The summed E-state index contributed by atoms with van der Waals surface area (Å²) < 4.78 is 32.0. The molecule has 0 unspecified atom stereocenters. The highest BCUT2D eigenvalue weighted by molar-refractivity contribution is 7.89. The van der Waals surface area contributed by atoms with E-state index in [1.807, 2.05) is 18.2 Å². The monoisotopic (exact) mass is 441 g/mol. The van der Waals surface area contributed by atoms with Crippen molar-refractivity contribution in [3.05, 3.63) is 66.2 Å². The van der Waals surface area contributed by atoms with E-state index in [2.05, 4.69) is 28.4 Å². The zero-order chi connectivity index (χ0) is 21.7. The number of rotatable bonds is 6. The summed E-state index contributed by atoms with van der Waals surface area (Å²) in [4.78, 5) is 14.8. The number of anilines is 1. The van der Waals surface area contributed by atoms with Crippen molar-refractivity contribution in [2.45, 2.75) is 11.3 Å². The Kier molecular flexibility index (Phi) is 6.82. The summed E-state index contributed by atoms with van der Waals surface area (Å²) in [6, 6.07) is 16.6. The summed E-state index contributed by atoms with van der Waals surface area (Å²) in [5.41, 5.74) is 3.14. The molecule has 1 saturated heterocycles. The van der Waals surface area contributed by atoms with Crippen molar-refractivity contribution >= 4 is 27.2 Å². The minimum atomic E-state index is -3.53. The average Bonchev–Trinajstić information content (AvgIpc) is 2.81. The van der Waals surface area contributed by atoms with Crippen molar-refractivity contribution in [2.24, 2.45) is 0 Å². The van der Waals surface area contributed by atoms with Gasteiger partial charge in [-0.2, -0.15) is 4.31 Å². The van der Waals surface area contributed by atoms with Crippen molar-refractivity contribution in [3.8, 4) is 0 Å². The van der Waals surface area contributed by atoms with Crippen LogP contribution in [0.5, 0.6) is 0 Å². The molecule has 0 bridgehead atoms. The number of carbonyl (C=O) groups is 1. The Morgan fingerprint density at radius 1 is 0.968 bits per heavy atom. The fourth-order valence-electron chi connectivity index (χ4n) is 3.82. The lowest BCUT2D eigenvalue weighted by molar-refractivity contribution is -0.117. The molecule has 1 fully saturated rings. The van der Waals surface area contributed by atoms with Crippen molar-refractivity contribution < 1.29 is 17.9 Å². The number of amides is 1. The van der Waals surface area contributed by atoms with E-state index in [0.717, 1.165) is 19.5 Å². The van der Waals surface area contributed by atoms with Gasteiger partial charge in [0.05, 0.1) is 24.7 Å². The predicted octanol–water partition coefficient (Wildman–Crippen LogP) is 2.44. The molecule has 0 spiro atoms. The first kappa shape index (κ1) is 21.7. The van der Waals surface area contributed by atoms with Gasteiger partial charge in [0, 0.05) is 31.9 Å². The highest BCUT2D eigenvalue weighted by atomic mass is 32.2. The average molecular weight is 442 g/mol. The first-order valence-corrected chi connectivity index (χ1v) is 11.9. The van der Waals surface area contributed by atoms with Crippen LogP contribution in [-0.2, 0) is 19.6 Å². The summed E-state index contributed by atoms with van der Waals surface area (Å²) in [6.07, 6.45) is 3.09. The van der Waals surface area contributed by atoms with Gasteiger partial charge in [0.15, 0.2) is 0 Å². The second-order valence-electron chi connectivity index (χ2n) is 7.67. The summed E-state index contributed by atoms with van der Waals surface area (Å²) >= 11 is 0. The highest BCUT2D eigenvalue weighted by Gasteiger charge is 2.26. The molecule has 2 heterocycles. The molecule has 2 aromatic rings. The second kappa shape index (κ2) is 9.74.